The van der Waals surface area contributed by atoms with Crippen molar-refractivity contribution in [2.75, 3.05) is 24.9 Å². The highest BCUT2D eigenvalue weighted by atomic mass is 35.5. The van der Waals surface area contributed by atoms with Crippen LogP contribution in [0.5, 0.6) is 0 Å². The Morgan fingerprint density at radius 2 is 1.64 bits per heavy atom. The average Bonchev–Trinajstić information content (AvgIpc) is 2.83. The van der Waals surface area contributed by atoms with Gasteiger partial charge in [0.05, 0.1) is 5.69 Å². The summed E-state index contributed by atoms with van der Waals surface area (Å²) in [5.74, 6) is -1.48. The summed E-state index contributed by atoms with van der Waals surface area (Å²) in [6.45, 7) is 4.99. The van der Waals surface area contributed by atoms with Gasteiger partial charge in [-0.1, -0.05) is 43.6 Å². The lowest BCUT2D eigenvalue weighted by atomic mass is 10.1. The number of carbonyl (C=O) groups is 2. The molecule has 0 radical (unpaired) electrons. The fourth-order valence-corrected chi connectivity index (χ4v) is 4.75. The van der Waals surface area contributed by atoms with Crippen LogP contribution in [0.2, 0.25) is 5.02 Å². The molecule has 0 spiro atoms. The zero-order valence-electron chi connectivity index (χ0n) is 21.2. The zero-order valence-corrected chi connectivity index (χ0v) is 22.8. The second-order valence-electron chi connectivity index (χ2n) is 8.63. The predicted molar refractivity (Wildman–Crippen MR) is 140 cm³/mol. The van der Waals surface area contributed by atoms with Crippen molar-refractivity contribution in [1.29, 1.82) is 0 Å². The van der Waals surface area contributed by atoms with Crippen molar-refractivity contribution in [3.63, 3.8) is 0 Å². The Kier molecular flexibility index (Phi) is 10.7. The number of rotatable bonds is 12. The molecule has 1 N–H and O–H groups in total. The summed E-state index contributed by atoms with van der Waals surface area (Å²) in [5, 5.41) is 3.33. The van der Waals surface area contributed by atoms with Gasteiger partial charge in [0.2, 0.25) is 11.8 Å². The molecule has 0 unspecified atom stereocenters. The maximum absolute atomic E-state index is 13.7. The molecule has 11 heteroatoms. The molecule has 36 heavy (non-hydrogen) atoms. The number of hydrogen-bond acceptors (Lipinski definition) is 4. The first-order valence-electron chi connectivity index (χ1n) is 11.7. The number of nitrogens with zero attached hydrogens (tertiary/aromatic N) is 3. The molecular formula is C25H34ClFN4O4S. The van der Waals surface area contributed by atoms with Gasteiger partial charge < -0.3 is 10.2 Å². The van der Waals surface area contributed by atoms with Crippen LogP contribution in [0.3, 0.4) is 0 Å². The lowest BCUT2D eigenvalue weighted by Gasteiger charge is -2.34. The third-order valence-electron chi connectivity index (χ3n) is 5.82. The topological polar surface area (TPSA) is 90.0 Å². The monoisotopic (exact) mass is 540 g/mol. The van der Waals surface area contributed by atoms with Crippen molar-refractivity contribution >= 4 is 39.3 Å². The molecule has 2 amide bonds. The Bertz CT molecular complexity index is 1150. The zero-order chi connectivity index (χ0) is 27.0. The molecule has 198 valence electrons. The third kappa shape index (κ3) is 7.41. The molecule has 0 aliphatic carbocycles. The number of carbonyl (C=O) groups excluding carboxylic acids is 2. The van der Waals surface area contributed by atoms with E-state index in [4.69, 9.17) is 11.6 Å². The average molecular weight is 541 g/mol. The Hall–Kier alpha value is -2.69. The van der Waals surface area contributed by atoms with Crippen molar-refractivity contribution in [2.24, 2.45) is 0 Å². The highest BCUT2D eigenvalue weighted by Crippen LogP contribution is 2.23. The first kappa shape index (κ1) is 29.5. The van der Waals surface area contributed by atoms with Crippen LogP contribution in [0.25, 0.3) is 0 Å². The van der Waals surface area contributed by atoms with E-state index < -0.39 is 34.5 Å². The first-order valence-corrected chi connectivity index (χ1v) is 13.5. The number of amides is 2. The molecule has 0 aliphatic rings. The van der Waals surface area contributed by atoms with Gasteiger partial charge in [-0.2, -0.15) is 12.7 Å². The molecular weight excluding hydrogens is 507 g/mol. The van der Waals surface area contributed by atoms with Gasteiger partial charge in [-0.05, 0) is 55.7 Å². The highest BCUT2D eigenvalue weighted by molar-refractivity contribution is 7.90. The van der Waals surface area contributed by atoms with Crippen LogP contribution < -0.4 is 9.62 Å². The molecule has 2 aromatic carbocycles. The van der Waals surface area contributed by atoms with Crippen LogP contribution in [-0.4, -0.2) is 62.2 Å². The Morgan fingerprint density at radius 1 is 1.03 bits per heavy atom. The van der Waals surface area contributed by atoms with Gasteiger partial charge in [-0.3, -0.25) is 9.59 Å². The van der Waals surface area contributed by atoms with E-state index in [1.165, 1.54) is 31.1 Å². The minimum atomic E-state index is -4.12. The van der Waals surface area contributed by atoms with Crippen LogP contribution in [0, 0.1) is 5.82 Å². The standard InChI is InChI=1S/C25H34ClFN4O4S/c1-6-18(3)28-25(33)23(7-2)30(16-19-10-8-9-11-22(19)26)24(32)17-31(36(34,35)29(4)5)21-14-12-20(27)13-15-21/h8-15,18,23H,6-7,16-17H2,1-5H3,(H,28,33)/t18-,23+/m0/s1. The van der Waals surface area contributed by atoms with Crippen LogP contribution in [-0.2, 0) is 26.3 Å². The molecule has 2 atom stereocenters. The van der Waals surface area contributed by atoms with Gasteiger partial charge in [-0.15, -0.1) is 0 Å². The van der Waals surface area contributed by atoms with E-state index in [1.54, 1.807) is 31.2 Å². The molecule has 0 bridgehead atoms. The molecule has 0 aliphatic heterocycles. The molecule has 0 saturated carbocycles. The van der Waals surface area contributed by atoms with Crippen molar-refractivity contribution in [2.45, 2.75) is 52.2 Å². The summed E-state index contributed by atoms with van der Waals surface area (Å²) in [6, 6.07) is 10.8. The molecule has 0 heterocycles. The quantitative estimate of drug-likeness (QED) is 0.443. The summed E-state index contributed by atoms with van der Waals surface area (Å²) in [6.07, 6.45) is 1.01. The minimum Gasteiger partial charge on any atom is -0.352 e. The molecule has 2 rings (SSSR count). The highest BCUT2D eigenvalue weighted by Gasteiger charge is 2.34. The largest absolute Gasteiger partial charge is 0.352 e. The summed E-state index contributed by atoms with van der Waals surface area (Å²) < 4.78 is 41.7. The van der Waals surface area contributed by atoms with Crippen molar-refractivity contribution in [3.8, 4) is 0 Å². The summed E-state index contributed by atoms with van der Waals surface area (Å²) in [4.78, 5) is 28.2. The normalized spacial score (nSPS) is 13.2. The molecule has 0 fully saturated rings. The van der Waals surface area contributed by atoms with Crippen molar-refractivity contribution in [3.05, 3.63) is 64.9 Å². The lowest BCUT2D eigenvalue weighted by Crippen LogP contribution is -2.54. The maximum atomic E-state index is 13.7. The summed E-state index contributed by atoms with van der Waals surface area (Å²) in [5.41, 5.74) is 0.736. The van der Waals surface area contributed by atoms with Crippen LogP contribution in [0.15, 0.2) is 48.5 Å². The van der Waals surface area contributed by atoms with E-state index in [-0.39, 0.29) is 24.2 Å². The number of benzene rings is 2. The van der Waals surface area contributed by atoms with E-state index in [0.29, 0.717) is 23.4 Å². The fraction of sp³-hybridized carbons (Fsp3) is 0.440. The van der Waals surface area contributed by atoms with Crippen molar-refractivity contribution < 1.29 is 22.4 Å². The van der Waals surface area contributed by atoms with Gasteiger partial charge in [0.25, 0.3) is 0 Å². The second kappa shape index (κ2) is 13.0. The van der Waals surface area contributed by atoms with E-state index in [2.05, 4.69) is 5.32 Å². The predicted octanol–water partition coefficient (Wildman–Crippen LogP) is 3.81. The van der Waals surface area contributed by atoms with Crippen LogP contribution in [0.1, 0.15) is 39.2 Å². The molecule has 8 nitrogen and oxygen atoms in total. The Labute approximate surface area is 218 Å². The molecule has 0 aromatic heterocycles. The number of anilines is 1. The van der Waals surface area contributed by atoms with E-state index >= 15 is 0 Å². The molecule has 2 aromatic rings. The Balaban J connectivity index is 2.51. The fourth-order valence-electron chi connectivity index (χ4n) is 3.49. The summed E-state index contributed by atoms with van der Waals surface area (Å²) >= 11 is 6.35. The third-order valence-corrected chi connectivity index (χ3v) is 8.01. The second-order valence-corrected chi connectivity index (χ2v) is 11.1. The van der Waals surface area contributed by atoms with Gasteiger partial charge in [0, 0.05) is 31.7 Å². The van der Waals surface area contributed by atoms with Crippen molar-refractivity contribution in [1.82, 2.24) is 14.5 Å². The van der Waals surface area contributed by atoms with Crippen LogP contribution in [0.4, 0.5) is 10.1 Å². The van der Waals surface area contributed by atoms with Gasteiger partial charge in [-0.25, -0.2) is 8.70 Å². The number of hydrogen-bond donors (Lipinski definition) is 1. The van der Waals surface area contributed by atoms with Gasteiger partial charge >= 0.3 is 10.2 Å². The van der Waals surface area contributed by atoms with Crippen LogP contribution >= 0.6 is 11.6 Å². The SMILES string of the molecule is CC[C@H](C(=O)N[C@@H](C)CC)N(Cc1ccccc1Cl)C(=O)CN(c1ccc(F)cc1)S(=O)(=O)N(C)C. The minimum absolute atomic E-state index is 0.00418. The van der Waals surface area contributed by atoms with E-state index in [9.17, 15) is 22.4 Å². The number of nitrogens with one attached hydrogen (secondary N) is 1. The smallest absolute Gasteiger partial charge is 0.304 e. The lowest BCUT2D eigenvalue weighted by molar-refractivity contribution is -0.140. The van der Waals surface area contributed by atoms with Gasteiger partial charge in [0.1, 0.15) is 18.4 Å². The summed E-state index contributed by atoms with van der Waals surface area (Å²) in [7, 11) is -1.44. The Morgan fingerprint density at radius 3 is 2.17 bits per heavy atom. The van der Waals surface area contributed by atoms with E-state index in [1.807, 2.05) is 13.8 Å². The molecule has 0 saturated heterocycles. The van der Waals surface area contributed by atoms with E-state index in [0.717, 1.165) is 20.7 Å². The number of halogens is 2. The van der Waals surface area contributed by atoms with Gasteiger partial charge in [0.15, 0.2) is 0 Å². The first-order chi connectivity index (χ1) is 16.9. The maximum Gasteiger partial charge on any atom is 0.304 e.